The summed E-state index contributed by atoms with van der Waals surface area (Å²) in [6.45, 7) is 4.20. The van der Waals surface area contributed by atoms with Crippen molar-refractivity contribution in [1.29, 1.82) is 0 Å². The van der Waals surface area contributed by atoms with E-state index in [1.807, 2.05) is 18.0 Å². The number of nitrogens with zero attached hydrogens (tertiary/aromatic N) is 6. The molecule has 3 rings (SSSR count). The highest BCUT2D eigenvalue weighted by Crippen LogP contribution is 2.24. The van der Waals surface area contributed by atoms with Crippen LogP contribution in [0.1, 0.15) is 29.3 Å². The molecule has 0 N–H and O–H groups in total. The van der Waals surface area contributed by atoms with Gasteiger partial charge in [-0.25, -0.2) is 15.0 Å². The third kappa shape index (κ3) is 3.33. The molecule has 0 aromatic carbocycles. The standard InChI is InChI=1S/C16H20N6O2/c1-3-21(2)14-4-5-19-15(20-14)13-11-24-9-8-22(13)16(23)12-10-17-6-7-18-12/h4-7,10,13H,3,8-9,11H2,1-2H3. The summed E-state index contributed by atoms with van der Waals surface area (Å²) in [7, 11) is 1.96. The minimum absolute atomic E-state index is 0.186. The average Bonchev–Trinajstić information content (AvgIpc) is 2.67. The van der Waals surface area contributed by atoms with E-state index in [-0.39, 0.29) is 11.9 Å². The third-order valence-corrected chi connectivity index (χ3v) is 3.99. The molecule has 0 saturated carbocycles. The summed E-state index contributed by atoms with van der Waals surface area (Å²) in [4.78, 5) is 33.5. The fraction of sp³-hybridized carbons (Fsp3) is 0.438. The highest BCUT2D eigenvalue weighted by atomic mass is 16.5. The molecule has 1 saturated heterocycles. The lowest BCUT2D eigenvalue weighted by Gasteiger charge is -2.34. The van der Waals surface area contributed by atoms with Crippen LogP contribution in [-0.2, 0) is 4.74 Å². The number of morpholine rings is 1. The smallest absolute Gasteiger partial charge is 0.274 e. The maximum atomic E-state index is 12.8. The number of ether oxygens (including phenoxy) is 1. The Balaban J connectivity index is 1.89. The molecule has 1 atom stereocenters. The van der Waals surface area contributed by atoms with Crippen LogP contribution in [0.25, 0.3) is 0 Å². The molecule has 2 aromatic rings. The fourth-order valence-electron chi connectivity index (χ4n) is 2.52. The number of aromatic nitrogens is 4. The Morgan fingerprint density at radius 3 is 3.00 bits per heavy atom. The van der Waals surface area contributed by atoms with Crippen molar-refractivity contribution in [3.63, 3.8) is 0 Å². The number of carbonyl (C=O) groups excluding carboxylic acids is 1. The molecule has 3 heterocycles. The van der Waals surface area contributed by atoms with Gasteiger partial charge < -0.3 is 14.5 Å². The monoisotopic (exact) mass is 328 g/mol. The second kappa shape index (κ2) is 7.31. The SMILES string of the molecule is CCN(C)c1ccnc(C2COCCN2C(=O)c2cnccn2)n1. The second-order valence-electron chi connectivity index (χ2n) is 5.47. The maximum absolute atomic E-state index is 12.8. The summed E-state index contributed by atoms with van der Waals surface area (Å²) in [5, 5.41) is 0. The predicted molar refractivity (Wildman–Crippen MR) is 87.6 cm³/mol. The fourth-order valence-corrected chi connectivity index (χ4v) is 2.52. The van der Waals surface area contributed by atoms with Crippen molar-refractivity contribution in [3.8, 4) is 0 Å². The van der Waals surface area contributed by atoms with Crippen molar-refractivity contribution in [2.24, 2.45) is 0 Å². The van der Waals surface area contributed by atoms with E-state index in [0.717, 1.165) is 12.4 Å². The molecular formula is C16H20N6O2. The first-order valence-electron chi connectivity index (χ1n) is 7.89. The van der Waals surface area contributed by atoms with Crippen LogP contribution in [0.2, 0.25) is 0 Å². The van der Waals surface area contributed by atoms with E-state index in [1.165, 1.54) is 12.4 Å². The quantitative estimate of drug-likeness (QED) is 0.825. The summed E-state index contributed by atoms with van der Waals surface area (Å²) >= 11 is 0. The van der Waals surface area contributed by atoms with Crippen molar-refractivity contribution < 1.29 is 9.53 Å². The Labute approximate surface area is 140 Å². The Hall–Kier alpha value is -2.61. The van der Waals surface area contributed by atoms with E-state index in [0.29, 0.717) is 31.3 Å². The molecular weight excluding hydrogens is 308 g/mol. The largest absolute Gasteiger partial charge is 0.377 e. The van der Waals surface area contributed by atoms with Crippen LogP contribution in [0.15, 0.2) is 30.9 Å². The second-order valence-corrected chi connectivity index (χ2v) is 5.47. The van der Waals surface area contributed by atoms with Crippen molar-refractivity contribution in [2.75, 3.05) is 38.3 Å². The minimum atomic E-state index is -0.335. The van der Waals surface area contributed by atoms with Gasteiger partial charge in [0.15, 0.2) is 5.82 Å². The number of hydrogen-bond donors (Lipinski definition) is 0. The zero-order valence-corrected chi connectivity index (χ0v) is 13.8. The highest BCUT2D eigenvalue weighted by Gasteiger charge is 2.32. The maximum Gasteiger partial charge on any atom is 0.274 e. The Morgan fingerprint density at radius 2 is 2.25 bits per heavy atom. The molecule has 0 radical (unpaired) electrons. The van der Waals surface area contributed by atoms with Gasteiger partial charge in [-0.05, 0) is 13.0 Å². The van der Waals surface area contributed by atoms with E-state index in [2.05, 4.69) is 26.9 Å². The van der Waals surface area contributed by atoms with E-state index in [4.69, 9.17) is 4.74 Å². The molecule has 0 aliphatic carbocycles. The van der Waals surface area contributed by atoms with Gasteiger partial charge in [0.05, 0.1) is 19.4 Å². The third-order valence-electron chi connectivity index (χ3n) is 3.99. The van der Waals surface area contributed by atoms with E-state index in [9.17, 15) is 4.79 Å². The Morgan fingerprint density at radius 1 is 1.38 bits per heavy atom. The van der Waals surface area contributed by atoms with Crippen LogP contribution >= 0.6 is 0 Å². The lowest BCUT2D eigenvalue weighted by atomic mass is 10.2. The first-order chi connectivity index (χ1) is 11.7. The number of amides is 1. The number of rotatable bonds is 4. The van der Waals surface area contributed by atoms with Gasteiger partial charge in [-0.15, -0.1) is 0 Å². The average molecular weight is 328 g/mol. The summed E-state index contributed by atoms with van der Waals surface area (Å²) in [5.74, 6) is 1.21. The molecule has 0 spiro atoms. The molecule has 2 aromatic heterocycles. The Kier molecular flexibility index (Phi) is 4.95. The van der Waals surface area contributed by atoms with E-state index < -0.39 is 0 Å². The van der Waals surface area contributed by atoms with Crippen LogP contribution < -0.4 is 4.90 Å². The van der Waals surface area contributed by atoms with Crippen LogP contribution in [0.5, 0.6) is 0 Å². The van der Waals surface area contributed by atoms with Crippen molar-refractivity contribution in [1.82, 2.24) is 24.8 Å². The van der Waals surface area contributed by atoms with Crippen LogP contribution in [-0.4, -0.2) is 64.1 Å². The molecule has 1 unspecified atom stereocenters. The highest BCUT2D eigenvalue weighted by molar-refractivity contribution is 5.92. The van der Waals surface area contributed by atoms with Crippen LogP contribution in [0.3, 0.4) is 0 Å². The molecule has 8 heteroatoms. The minimum Gasteiger partial charge on any atom is -0.377 e. The summed E-state index contributed by atoms with van der Waals surface area (Å²) < 4.78 is 5.56. The van der Waals surface area contributed by atoms with Gasteiger partial charge in [0.25, 0.3) is 5.91 Å². The summed E-state index contributed by atoms with van der Waals surface area (Å²) in [5.41, 5.74) is 0.311. The molecule has 24 heavy (non-hydrogen) atoms. The topological polar surface area (TPSA) is 84.3 Å². The molecule has 1 aliphatic rings. The molecule has 0 bridgehead atoms. The van der Waals surface area contributed by atoms with E-state index in [1.54, 1.807) is 17.3 Å². The Bertz CT molecular complexity index is 696. The van der Waals surface area contributed by atoms with Gasteiger partial charge in [-0.1, -0.05) is 0 Å². The van der Waals surface area contributed by atoms with E-state index >= 15 is 0 Å². The van der Waals surface area contributed by atoms with Gasteiger partial charge in [0.1, 0.15) is 17.6 Å². The van der Waals surface area contributed by atoms with Gasteiger partial charge >= 0.3 is 0 Å². The molecule has 1 amide bonds. The number of hydrogen-bond acceptors (Lipinski definition) is 7. The van der Waals surface area contributed by atoms with Crippen LogP contribution in [0, 0.1) is 0 Å². The lowest BCUT2D eigenvalue weighted by molar-refractivity contribution is -0.00553. The lowest BCUT2D eigenvalue weighted by Crippen LogP contribution is -2.44. The first-order valence-corrected chi connectivity index (χ1v) is 7.89. The summed E-state index contributed by atoms with van der Waals surface area (Å²) in [6, 6.07) is 1.52. The molecule has 126 valence electrons. The zero-order chi connectivity index (χ0) is 16.9. The van der Waals surface area contributed by atoms with Gasteiger partial charge in [0.2, 0.25) is 0 Å². The number of anilines is 1. The molecule has 1 fully saturated rings. The van der Waals surface area contributed by atoms with Gasteiger partial charge in [-0.2, -0.15) is 0 Å². The summed E-state index contributed by atoms with van der Waals surface area (Å²) in [6.07, 6.45) is 6.23. The molecule has 1 aliphatic heterocycles. The normalized spacial score (nSPS) is 17.6. The first kappa shape index (κ1) is 16.3. The molecule has 8 nitrogen and oxygen atoms in total. The number of carbonyl (C=O) groups is 1. The van der Waals surface area contributed by atoms with Crippen molar-refractivity contribution >= 4 is 11.7 Å². The van der Waals surface area contributed by atoms with Crippen molar-refractivity contribution in [2.45, 2.75) is 13.0 Å². The van der Waals surface area contributed by atoms with Crippen molar-refractivity contribution in [3.05, 3.63) is 42.4 Å². The van der Waals surface area contributed by atoms with Gasteiger partial charge in [0, 0.05) is 38.7 Å². The van der Waals surface area contributed by atoms with Gasteiger partial charge in [-0.3, -0.25) is 9.78 Å². The van der Waals surface area contributed by atoms with Crippen LogP contribution in [0.4, 0.5) is 5.82 Å². The predicted octanol–water partition coefficient (Wildman–Crippen LogP) is 0.936. The zero-order valence-electron chi connectivity index (χ0n) is 13.8.